The Hall–Kier alpha value is -0.290. The molecule has 0 fully saturated rings. The van der Waals surface area contributed by atoms with Crippen LogP contribution in [0.25, 0.3) is 0 Å². The molecule has 1 aromatic heterocycles. The fourth-order valence-corrected chi connectivity index (χ4v) is 4.43. The van der Waals surface area contributed by atoms with Crippen molar-refractivity contribution in [1.29, 1.82) is 0 Å². The Balaban J connectivity index is 1.90. The van der Waals surface area contributed by atoms with Crippen molar-refractivity contribution in [2.24, 2.45) is 0 Å². The summed E-state index contributed by atoms with van der Waals surface area (Å²) in [5.41, 5.74) is 0. The van der Waals surface area contributed by atoms with Gasteiger partial charge in [-0.15, -0.1) is 23.1 Å². The Morgan fingerprint density at radius 3 is 2.43 bits per heavy atom. The summed E-state index contributed by atoms with van der Waals surface area (Å²) in [6, 6.07) is 13.7. The zero-order valence-electron chi connectivity index (χ0n) is 12.6. The van der Waals surface area contributed by atoms with Crippen molar-refractivity contribution in [3.63, 3.8) is 0 Å². The maximum absolute atomic E-state index is 3.62. The van der Waals surface area contributed by atoms with Gasteiger partial charge in [0, 0.05) is 30.9 Å². The smallest absolute Gasteiger partial charge is 0.0209 e. The number of hydrogen-bond acceptors (Lipinski definition) is 3. The largest absolute Gasteiger partial charge is 0.313 e. The van der Waals surface area contributed by atoms with Gasteiger partial charge in [-0.25, -0.2) is 0 Å². The summed E-state index contributed by atoms with van der Waals surface area (Å²) in [5.74, 6) is 1.11. The lowest BCUT2D eigenvalue weighted by Gasteiger charge is -2.16. The fourth-order valence-electron chi connectivity index (χ4n) is 2.17. The van der Waals surface area contributed by atoms with E-state index in [0.717, 1.165) is 29.6 Å². The second kappa shape index (κ2) is 8.99. The molecule has 0 spiro atoms. The van der Waals surface area contributed by atoms with Crippen LogP contribution in [0.1, 0.15) is 23.6 Å². The Bertz CT molecular complexity index is 536. The van der Waals surface area contributed by atoms with Gasteiger partial charge in [0.1, 0.15) is 0 Å². The molecule has 0 saturated carbocycles. The third-order valence-corrected chi connectivity index (χ3v) is 6.23. The summed E-state index contributed by atoms with van der Waals surface area (Å²) in [6.07, 6.45) is 2.27. The van der Waals surface area contributed by atoms with E-state index in [1.54, 1.807) is 0 Å². The first kappa shape index (κ1) is 17.1. The molecule has 0 aliphatic carbocycles. The predicted molar refractivity (Wildman–Crippen MR) is 99.7 cm³/mol. The zero-order chi connectivity index (χ0) is 15.1. The van der Waals surface area contributed by atoms with E-state index >= 15 is 0 Å². The Kier molecular flexibility index (Phi) is 7.30. The van der Waals surface area contributed by atoms with Crippen molar-refractivity contribution in [3.05, 3.63) is 50.6 Å². The number of hydrogen-bond donors (Lipinski definition) is 1. The summed E-state index contributed by atoms with van der Waals surface area (Å²) in [7, 11) is 0. The van der Waals surface area contributed by atoms with Crippen molar-refractivity contribution >= 4 is 39.0 Å². The van der Waals surface area contributed by atoms with E-state index in [0.29, 0.717) is 6.04 Å². The number of rotatable bonds is 8. The van der Waals surface area contributed by atoms with Gasteiger partial charge in [0.15, 0.2) is 0 Å². The van der Waals surface area contributed by atoms with Gasteiger partial charge in [-0.1, -0.05) is 29.8 Å². The molecule has 0 amide bonds. The van der Waals surface area contributed by atoms with Gasteiger partial charge in [0.05, 0.1) is 0 Å². The van der Waals surface area contributed by atoms with Gasteiger partial charge < -0.3 is 5.32 Å². The summed E-state index contributed by atoms with van der Waals surface area (Å²) in [5, 5.41) is 3.62. The molecule has 1 atom stereocenters. The van der Waals surface area contributed by atoms with E-state index in [-0.39, 0.29) is 0 Å². The van der Waals surface area contributed by atoms with Crippen molar-refractivity contribution in [3.8, 4) is 0 Å². The highest BCUT2D eigenvalue weighted by Crippen LogP contribution is 2.24. The lowest BCUT2D eigenvalue weighted by atomic mass is 10.2. The number of benzene rings is 1. The van der Waals surface area contributed by atoms with E-state index in [4.69, 9.17) is 0 Å². The van der Waals surface area contributed by atoms with Gasteiger partial charge in [0.25, 0.3) is 0 Å². The molecule has 0 aliphatic heterocycles. The number of likely N-dealkylation sites (N-methyl/N-ethyl adjacent to an activating group) is 1. The Morgan fingerprint density at radius 2 is 1.81 bits per heavy atom. The molecule has 0 radical (unpaired) electrons. The first-order valence-corrected chi connectivity index (χ1v) is 10.00. The molecular formula is C17H22BrNS2. The van der Waals surface area contributed by atoms with Gasteiger partial charge in [-0.3, -0.25) is 0 Å². The molecule has 1 heterocycles. The van der Waals surface area contributed by atoms with Crippen LogP contribution in [0.3, 0.4) is 0 Å². The highest BCUT2D eigenvalue weighted by molar-refractivity contribution is 9.10. The molecule has 1 N–H and O–H groups in total. The monoisotopic (exact) mass is 383 g/mol. The molecule has 0 aliphatic rings. The minimum Gasteiger partial charge on any atom is -0.313 e. The predicted octanol–water partition coefficient (Wildman–Crippen LogP) is 5.39. The molecule has 1 unspecified atom stereocenters. The quantitative estimate of drug-likeness (QED) is 0.613. The van der Waals surface area contributed by atoms with Crippen LogP contribution in [0.4, 0.5) is 0 Å². The highest BCUT2D eigenvalue weighted by atomic mass is 79.9. The standard InChI is InChI=1S/C17H22BrNS2/c1-3-15-9-10-17(21-15)11-14(19-4-2)12-20-16-7-5-13(18)6-8-16/h5-10,14,19H,3-4,11-12H2,1-2H3. The molecular weight excluding hydrogens is 362 g/mol. The maximum Gasteiger partial charge on any atom is 0.0209 e. The van der Waals surface area contributed by atoms with Crippen molar-refractivity contribution < 1.29 is 0 Å². The van der Waals surface area contributed by atoms with Crippen LogP contribution >= 0.6 is 39.0 Å². The second-order valence-corrected chi connectivity index (χ2v) is 8.21. The minimum atomic E-state index is 0.534. The van der Waals surface area contributed by atoms with Crippen molar-refractivity contribution in [2.45, 2.75) is 37.6 Å². The molecule has 0 saturated heterocycles. The number of thiophene rings is 1. The van der Waals surface area contributed by atoms with Crippen molar-refractivity contribution in [2.75, 3.05) is 12.3 Å². The number of nitrogens with one attached hydrogen (secondary N) is 1. The molecule has 2 rings (SSSR count). The van der Waals surface area contributed by atoms with E-state index < -0.39 is 0 Å². The van der Waals surface area contributed by atoms with Gasteiger partial charge >= 0.3 is 0 Å². The van der Waals surface area contributed by atoms with Gasteiger partial charge in [-0.2, -0.15) is 0 Å². The average Bonchev–Trinajstić information content (AvgIpc) is 2.94. The molecule has 0 bridgehead atoms. The van der Waals surface area contributed by atoms with E-state index in [1.807, 2.05) is 23.1 Å². The number of halogens is 1. The summed E-state index contributed by atoms with van der Waals surface area (Å²) < 4.78 is 1.14. The maximum atomic E-state index is 3.62. The summed E-state index contributed by atoms with van der Waals surface area (Å²) >= 11 is 7.37. The first-order chi connectivity index (χ1) is 10.2. The van der Waals surface area contributed by atoms with Crippen LogP contribution in [-0.4, -0.2) is 18.3 Å². The average molecular weight is 384 g/mol. The van der Waals surface area contributed by atoms with Crippen LogP contribution in [0.2, 0.25) is 0 Å². The lowest BCUT2D eigenvalue weighted by molar-refractivity contribution is 0.576. The van der Waals surface area contributed by atoms with Crippen LogP contribution in [0.5, 0.6) is 0 Å². The summed E-state index contributed by atoms with van der Waals surface area (Å²) in [4.78, 5) is 4.32. The van der Waals surface area contributed by atoms with Crippen molar-refractivity contribution in [1.82, 2.24) is 5.32 Å². The highest BCUT2D eigenvalue weighted by Gasteiger charge is 2.11. The SMILES string of the molecule is CCNC(CSc1ccc(Br)cc1)Cc1ccc(CC)s1. The van der Waals surface area contributed by atoms with Crippen LogP contribution in [0, 0.1) is 0 Å². The molecule has 2 aromatic rings. The van der Waals surface area contributed by atoms with E-state index in [9.17, 15) is 0 Å². The first-order valence-electron chi connectivity index (χ1n) is 7.40. The molecule has 114 valence electrons. The normalized spacial score (nSPS) is 12.5. The van der Waals surface area contributed by atoms with Gasteiger partial charge in [-0.05, 0) is 55.8 Å². The van der Waals surface area contributed by atoms with Crippen LogP contribution in [0.15, 0.2) is 45.8 Å². The van der Waals surface area contributed by atoms with E-state index in [2.05, 4.69) is 71.5 Å². The number of aryl methyl sites for hydroxylation is 1. The van der Waals surface area contributed by atoms with Crippen LogP contribution < -0.4 is 5.32 Å². The lowest BCUT2D eigenvalue weighted by Crippen LogP contribution is -2.32. The number of thioether (sulfide) groups is 1. The molecule has 1 nitrogen and oxygen atoms in total. The third-order valence-electron chi connectivity index (χ3n) is 3.27. The topological polar surface area (TPSA) is 12.0 Å². The Labute approximate surface area is 144 Å². The summed E-state index contributed by atoms with van der Waals surface area (Å²) in [6.45, 7) is 5.43. The third kappa shape index (κ3) is 5.78. The zero-order valence-corrected chi connectivity index (χ0v) is 15.8. The van der Waals surface area contributed by atoms with Crippen LogP contribution in [-0.2, 0) is 12.8 Å². The molecule has 4 heteroatoms. The van der Waals surface area contributed by atoms with E-state index in [1.165, 1.54) is 14.6 Å². The fraction of sp³-hybridized carbons (Fsp3) is 0.412. The van der Waals surface area contributed by atoms with Gasteiger partial charge in [0.2, 0.25) is 0 Å². The second-order valence-electron chi connectivity index (χ2n) is 4.95. The molecule has 1 aromatic carbocycles. The molecule has 21 heavy (non-hydrogen) atoms. The Morgan fingerprint density at radius 1 is 1.10 bits per heavy atom. The minimum absolute atomic E-state index is 0.534.